The molecule has 3 rings (SSSR count). The summed E-state index contributed by atoms with van der Waals surface area (Å²) in [4.78, 5) is 38.9. The molecule has 1 atom stereocenters. The average Bonchev–Trinajstić information content (AvgIpc) is 3.32. The largest absolute Gasteiger partial charge is 0.480 e. The third kappa shape index (κ3) is 9.64. The van der Waals surface area contributed by atoms with E-state index in [2.05, 4.69) is 15.6 Å². The highest BCUT2D eigenvalue weighted by Gasteiger charge is 2.29. The van der Waals surface area contributed by atoms with Crippen LogP contribution in [0.4, 0.5) is 5.82 Å². The lowest BCUT2D eigenvalue weighted by Crippen LogP contribution is -2.48. The molecule has 178 valence electrons. The van der Waals surface area contributed by atoms with Crippen molar-refractivity contribution in [2.75, 3.05) is 31.9 Å². The first-order valence-corrected chi connectivity index (χ1v) is 11.6. The number of carbonyl (C=O) groups excluding carboxylic acids is 2. The second kappa shape index (κ2) is 14.4. The van der Waals surface area contributed by atoms with Crippen molar-refractivity contribution in [1.29, 1.82) is 0 Å². The van der Waals surface area contributed by atoms with E-state index in [1.165, 1.54) is 32.1 Å². The maximum Gasteiger partial charge on any atom is 0.317 e. The maximum absolute atomic E-state index is 12.5. The van der Waals surface area contributed by atoms with Crippen molar-refractivity contribution in [3.8, 4) is 0 Å². The molecule has 2 amide bonds. The number of nitrogens with one attached hydrogen (secondary N) is 2. The van der Waals surface area contributed by atoms with Gasteiger partial charge in [0.1, 0.15) is 5.82 Å². The minimum absolute atomic E-state index is 0.106. The monoisotopic (exact) mass is 447 g/mol. The second-order valence-corrected chi connectivity index (χ2v) is 8.51. The Balaban J connectivity index is 0.000000258. The van der Waals surface area contributed by atoms with Gasteiger partial charge in [0, 0.05) is 25.8 Å². The summed E-state index contributed by atoms with van der Waals surface area (Å²) in [5, 5.41) is 14.4. The molecule has 5 N–H and O–H groups in total. The van der Waals surface area contributed by atoms with Gasteiger partial charge in [-0.05, 0) is 49.3 Å². The van der Waals surface area contributed by atoms with Crippen LogP contribution >= 0.6 is 0 Å². The molecule has 1 aliphatic carbocycles. The predicted molar refractivity (Wildman–Crippen MR) is 123 cm³/mol. The first-order valence-electron chi connectivity index (χ1n) is 11.6. The number of carbonyl (C=O) groups is 3. The van der Waals surface area contributed by atoms with E-state index in [1.807, 2.05) is 11.0 Å². The van der Waals surface area contributed by atoms with Crippen LogP contribution in [-0.2, 0) is 20.8 Å². The molecule has 2 heterocycles. The topological polar surface area (TPSA) is 138 Å². The van der Waals surface area contributed by atoms with Crippen LogP contribution in [0, 0.1) is 5.92 Å². The number of aromatic nitrogens is 1. The van der Waals surface area contributed by atoms with Crippen LogP contribution in [0.3, 0.4) is 0 Å². The number of carboxylic acid groups (broad SMARTS) is 1. The highest BCUT2D eigenvalue weighted by Crippen LogP contribution is 2.28. The Labute approximate surface area is 190 Å². The quantitative estimate of drug-likeness (QED) is 0.315. The number of aliphatic carboxylic acids is 1. The molecule has 2 fully saturated rings. The number of hydrogen-bond donors (Lipinski definition) is 4. The van der Waals surface area contributed by atoms with Crippen molar-refractivity contribution in [2.24, 2.45) is 5.92 Å². The zero-order valence-electron chi connectivity index (χ0n) is 18.8. The van der Waals surface area contributed by atoms with E-state index in [9.17, 15) is 14.4 Å². The molecule has 1 aromatic rings. The van der Waals surface area contributed by atoms with Gasteiger partial charge in [-0.15, -0.1) is 0 Å². The van der Waals surface area contributed by atoms with E-state index in [-0.39, 0.29) is 18.5 Å². The van der Waals surface area contributed by atoms with E-state index in [0.717, 1.165) is 44.3 Å². The minimum atomic E-state index is -0.895. The highest BCUT2D eigenvalue weighted by molar-refractivity contribution is 5.82. The van der Waals surface area contributed by atoms with Crippen molar-refractivity contribution in [3.63, 3.8) is 0 Å². The summed E-state index contributed by atoms with van der Waals surface area (Å²) < 4.78 is 0. The van der Waals surface area contributed by atoms with Crippen LogP contribution in [-0.4, -0.2) is 65.5 Å². The summed E-state index contributed by atoms with van der Waals surface area (Å²) in [5.74, 6) is 0.294. The molecule has 1 unspecified atom stereocenters. The van der Waals surface area contributed by atoms with Crippen LogP contribution in [0.5, 0.6) is 0 Å². The first kappa shape index (κ1) is 25.6. The Morgan fingerprint density at radius 1 is 1.22 bits per heavy atom. The van der Waals surface area contributed by atoms with E-state index >= 15 is 0 Å². The molecule has 9 heteroatoms. The van der Waals surface area contributed by atoms with Gasteiger partial charge < -0.3 is 21.1 Å². The maximum atomic E-state index is 12.5. The fourth-order valence-corrected chi connectivity index (χ4v) is 4.32. The number of nitrogens with zero attached hydrogens (tertiary/aromatic N) is 2. The number of rotatable bonds is 10. The van der Waals surface area contributed by atoms with Gasteiger partial charge in [-0.25, -0.2) is 4.98 Å². The Hall–Kier alpha value is -2.68. The number of hydrogen-bond acceptors (Lipinski definition) is 6. The molecule has 32 heavy (non-hydrogen) atoms. The van der Waals surface area contributed by atoms with E-state index in [4.69, 9.17) is 10.8 Å². The molecule has 1 saturated heterocycles. The normalized spacial score (nSPS) is 17.2. The van der Waals surface area contributed by atoms with Gasteiger partial charge in [0.25, 0.3) is 0 Å². The number of likely N-dealkylation sites (tertiary alicyclic amines) is 1. The van der Waals surface area contributed by atoms with Gasteiger partial charge in [0.2, 0.25) is 12.3 Å². The summed E-state index contributed by atoms with van der Waals surface area (Å²) in [6.07, 6.45) is 12.2. The Kier molecular flexibility index (Phi) is 11.5. The zero-order valence-corrected chi connectivity index (χ0v) is 18.8. The third-order valence-corrected chi connectivity index (χ3v) is 6.00. The molecule has 0 aromatic carbocycles. The van der Waals surface area contributed by atoms with Crippen molar-refractivity contribution < 1.29 is 19.5 Å². The second-order valence-electron chi connectivity index (χ2n) is 8.51. The molecule has 0 bridgehead atoms. The predicted octanol–water partition coefficient (Wildman–Crippen LogP) is 1.57. The fraction of sp³-hybridized carbons (Fsp3) is 0.652. The summed E-state index contributed by atoms with van der Waals surface area (Å²) in [6.45, 7) is 2.16. The number of nitrogen functional groups attached to an aromatic ring is 1. The van der Waals surface area contributed by atoms with Gasteiger partial charge in [-0.2, -0.15) is 0 Å². The Morgan fingerprint density at radius 3 is 2.56 bits per heavy atom. The number of pyridine rings is 1. The summed E-state index contributed by atoms with van der Waals surface area (Å²) in [6, 6.07) is 3.36. The number of amides is 2. The van der Waals surface area contributed by atoms with Crippen molar-refractivity contribution in [3.05, 3.63) is 23.9 Å². The van der Waals surface area contributed by atoms with Crippen LogP contribution in [0.25, 0.3) is 0 Å². The SMILES string of the molecule is Nc1cc(CCNC=O)ccn1.O=C(O)CNC(CC1CCCCC1)C(=O)N1CCCC1. The highest BCUT2D eigenvalue weighted by atomic mass is 16.4. The Morgan fingerprint density at radius 2 is 1.94 bits per heavy atom. The van der Waals surface area contributed by atoms with E-state index < -0.39 is 5.97 Å². The van der Waals surface area contributed by atoms with Crippen molar-refractivity contribution in [2.45, 2.75) is 63.8 Å². The third-order valence-electron chi connectivity index (χ3n) is 6.00. The molecule has 9 nitrogen and oxygen atoms in total. The van der Waals surface area contributed by atoms with Crippen LogP contribution in [0.2, 0.25) is 0 Å². The smallest absolute Gasteiger partial charge is 0.317 e. The average molecular weight is 448 g/mol. The van der Waals surface area contributed by atoms with Gasteiger partial charge in [-0.3, -0.25) is 19.7 Å². The van der Waals surface area contributed by atoms with E-state index in [0.29, 0.717) is 24.7 Å². The molecule has 1 aromatic heterocycles. The lowest BCUT2D eigenvalue weighted by molar-refractivity contribution is -0.137. The lowest BCUT2D eigenvalue weighted by Gasteiger charge is -2.29. The molecule has 2 aliphatic rings. The fourth-order valence-electron chi connectivity index (χ4n) is 4.32. The van der Waals surface area contributed by atoms with Gasteiger partial charge in [-0.1, -0.05) is 32.1 Å². The minimum Gasteiger partial charge on any atom is -0.480 e. The van der Waals surface area contributed by atoms with Crippen molar-refractivity contribution in [1.82, 2.24) is 20.5 Å². The molecule has 1 aliphatic heterocycles. The molecular weight excluding hydrogens is 410 g/mol. The van der Waals surface area contributed by atoms with E-state index in [1.54, 1.807) is 12.3 Å². The lowest BCUT2D eigenvalue weighted by atomic mass is 9.84. The summed E-state index contributed by atoms with van der Waals surface area (Å²) in [5.41, 5.74) is 6.54. The first-order chi connectivity index (χ1) is 15.5. The summed E-state index contributed by atoms with van der Waals surface area (Å²) >= 11 is 0. The van der Waals surface area contributed by atoms with Crippen LogP contribution in [0.1, 0.15) is 56.9 Å². The van der Waals surface area contributed by atoms with Gasteiger partial charge in [0.05, 0.1) is 12.6 Å². The summed E-state index contributed by atoms with van der Waals surface area (Å²) in [7, 11) is 0. The van der Waals surface area contributed by atoms with Gasteiger partial charge in [0.15, 0.2) is 0 Å². The van der Waals surface area contributed by atoms with Crippen LogP contribution < -0.4 is 16.4 Å². The molecule has 0 radical (unpaired) electrons. The molecular formula is C23H37N5O4. The molecule has 1 saturated carbocycles. The number of anilines is 1. The zero-order chi connectivity index (χ0) is 23.2. The van der Waals surface area contributed by atoms with Crippen LogP contribution in [0.15, 0.2) is 18.3 Å². The number of nitrogens with two attached hydrogens (primary N) is 1. The number of carboxylic acids is 1. The van der Waals surface area contributed by atoms with Crippen molar-refractivity contribution >= 4 is 24.1 Å². The van der Waals surface area contributed by atoms with Gasteiger partial charge >= 0.3 is 5.97 Å². The standard InChI is InChI=1S/C15H26N2O3.C8H11N3O/c18-14(19)11-16-13(10-12-6-2-1-3-7-12)15(20)17-8-4-5-9-17;9-8-5-7(2-4-11-8)1-3-10-6-12/h12-13,16H,1-11H2,(H,18,19);2,4-6H,1,3H2,(H2,9,11)(H,10,12). The molecule has 0 spiro atoms. The Bertz CT molecular complexity index is 718.